The van der Waals surface area contributed by atoms with E-state index in [4.69, 9.17) is 9.84 Å². The van der Waals surface area contributed by atoms with Crippen LogP contribution in [0.2, 0.25) is 0 Å². The van der Waals surface area contributed by atoms with Crippen molar-refractivity contribution in [3.05, 3.63) is 0 Å². The van der Waals surface area contributed by atoms with Gasteiger partial charge in [0.2, 0.25) is 0 Å². The number of hydrogen-bond acceptors (Lipinski definition) is 3. The predicted molar refractivity (Wildman–Crippen MR) is 64.4 cm³/mol. The second kappa shape index (κ2) is 5.14. The summed E-state index contributed by atoms with van der Waals surface area (Å²) in [4.78, 5) is 24.6. The van der Waals surface area contributed by atoms with Crippen LogP contribution in [0, 0.1) is 0 Å². The number of nitrogens with zero attached hydrogens (tertiary/aromatic N) is 1. The van der Waals surface area contributed by atoms with Crippen LogP contribution in [0.3, 0.4) is 0 Å². The van der Waals surface area contributed by atoms with Crippen molar-refractivity contribution in [2.75, 3.05) is 19.8 Å². The Hall–Kier alpha value is -1.30. The number of carboxylic acids is 1. The fraction of sp³-hybridized carbons (Fsp3) is 0.833. The lowest BCUT2D eigenvalue weighted by atomic mass is 9.93. The number of urea groups is 1. The molecule has 2 heterocycles. The Morgan fingerprint density at radius 1 is 1.39 bits per heavy atom. The molecule has 0 unspecified atom stereocenters. The van der Waals surface area contributed by atoms with Gasteiger partial charge in [-0.15, -0.1) is 0 Å². The van der Waals surface area contributed by atoms with E-state index in [-0.39, 0.29) is 11.6 Å². The third-order valence-electron chi connectivity index (χ3n) is 3.80. The molecule has 0 spiro atoms. The van der Waals surface area contributed by atoms with Crippen LogP contribution in [-0.2, 0) is 9.53 Å². The topological polar surface area (TPSA) is 78.9 Å². The molecule has 2 aliphatic heterocycles. The third-order valence-corrected chi connectivity index (χ3v) is 3.80. The molecule has 2 N–H and O–H groups in total. The molecular formula is C12H20N2O4. The van der Waals surface area contributed by atoms with E-state index in [1.807, 2.05) is 6.92 Å². The number of nitrogens with one attached hydrogen (secondary N) is 1. The van der Waals surface area contributed by atoms with Gasteiger partial charge < -0.3 is 20.1 Å². The summed E-state index contributed by atoms with van der Waals surface area (Å²) in [7, 11) is 0. The predicted octanol–water partition coefficient (Wildman–Crippen LogP) is 0.814. The molecule has 2 fully saturated rings. The van der Waals surface area contributed by atoms with Crippen molar-refractivity contribution in [3.63, 3.8) is 0 Å². The minimum atomic E-state index is -0.917. The second-order valence-electron chi connectivity index (χ2n) is 5.29. The van der Waals surface area contributed by atoms with Gasteiger partial charge in [-0.2, -0.15) is 0 Å². The van der Waals surface area contributed by atoms with E-state index in [2.05, 4.69) is 5.32 Å². The van der Waals surface area contributed by atoms with E-state index in [1.54, 1.807) is 0 Å². The first kappa shape index (κ1) is 13.1. The van der Waals surface area contributed by atoms with Gasteiger partial charge in [-0.05, 0) is 32.6 Å². The fourth-order valence-electron chi connectivity index (χ4n) is 2.54. The molecule has 18 heavy (non-hydrogen) atoms. The molecule has 0 aromatic carbocycles. The lowest BCUT2D eigenvalue weighted by Crippen LogP contribution is -2.55. The molecule has 2 saturated heterocycles. The van der Waals surface area contributed by atoms with Gasteiger partial charge in [0, 0.05) is 25.3 Å². The van der Waals surface area contributed by atoms with Crippen molar-refractivity contribution >= 4 is 12.0 Å². The number of aliphatic carboxylic acids is 1. The minimum Gasteiger partial charge on any atom is -0.480 e. The lowest BCUT2D eigenvalue weighted by molar-refractivity contribution is -0.141. The van der Waals surface area contributed by atoms with Crippen molar-refractivity contribution < 1.29 is 19.4 Å². The number of rotatable bonds is 2. The molecule has 2 aliphatic rings. The largest absolute Gasteiger partial charge is 0.480 e. The molecule has 0 aromatic heterocycles. The maximum atomic E-state index is 12.1. The smallest absolute Gasteiger partial charge is 0.326 e. The Morgan fingerprint density at radius 3 is 2.67 bits per heavy atom. The normalized spacial score (nSPS) is 26.9. The average molecular weight is 256 g/mol. The molecule has 0 aromatic rings. The molecule has 2 amide bonds. The van der Waals surface area contributed by atoms with Crippen molar-refractivity contribution in [3.8, 4) is 0 Å². The summed E-state index contributed by atoms with van der Waals surface area (Å²) in [5.74, 6) is -0.917. The number of carbonyl (C=O) groups excluding carboxylic acids is 1. The summed E-state index contributed by atoms with van der Waals surface area (Å²) in [6, 6.07) is -0.933. The Morgan fingerprint density at radius 2 is 2.06 bits per heavy atom. The summed E-state index contributed by atoms with van der Waals surface area (Å²) >= 11 is 0. The van der Waals surface area contributed by atoms with Crippen molar-refractivity contribution in [2.24, 2.45) is 0 Å². The van der Waals surface area contributed by atoms with E-state index >= 15 is 0 Å². The number of carboxylic acid groups (broad SMARTS) is 1. The van der Waals surface area contributed by atoms with Crippen LogP contribution in [0.4, 0.5) is 4.79 Å². The number of likely N-dealkylation sites (tertiary alicyclic amines) is 1. The van der Waals surface area contributed by atoms with Crippen LogP contribution in [0.15, 0.2) is 0 Å². The number of amides is 2. The van der Waals surface area contributed by atoms with Gasteiger partial charge in [-0.25, -0.2) is 9.59 Å². The third kappa shape index (κ3) is 2.75. The average Bonchev–Trinajstić information content (AvgIpc) is 2.78. The Labute approximate surface area is 106 Å². The highest BCUT2D eigenvalue weighted by Gasteiger charge is 2.37. The summed E-state index contributed by atoms with van der Waals surface area (Å²) < 4.78 is 5.27. The van der Waals surface area contributed by atoms with Crippen LogP contribution in [0.25, 0.3) is 0 Å². The molecule has 102 valence electrons. The van der Waals surface area contributed by atoms with E-state index in [0.29, 0.717) is 26.2 Å². The molecule has 6 nitrogen and oxygen atoms in total. The number of carbonyl (C=O) groups is 2. The van der Waals surface area contributed by atoms with Crippen LogP contribution in [0.1, 0.15) is 32.6 Å². The zero-order valence-corrected chi connectivity index (χ0v) is 10.6. The van der Waals surface area contributed by atoms with Gasteiger partial charge in [-0.3, -0.25) is 0 Å². The fourth-order valence-corrected chi connectivity index (χ4v) is 2.54. The molecule has 0 radical (unpaired) electrons. The summed E-state index contributed by atoms with van der Waals surface area (Å²) in [6.07, 6.45) is 2.83. The monoisotopic (exact) mass is 256 g/mol. The molecule has 0 bridgehead atoms. The maximum absolute atomic E-state index is 12.1. The lowest BCUT2D eigenvalue weighted by Gasteiger charge is -2.36. The van der Waals surface area contributed by atoms with Crippen LogP contribution in [-0.4, -0.2) is 53.3 Å². The van der Waals surface area contributed by atoms with Crippen LogP contribution >= 0.6 is 0 Å². The minimum absolute atomic E-state index is 0.260. The van der Waals surface area contributed by atoms with Gasteiger partial charge in [0.25, 0.3) is 0 Å². The highest BCUT2D eigenvalue weighted by Crippen LogP contribution is 2.22. The highest BCUT2D eigenvalue weighted by atomic mass is 16.5. The van der Waals surface area contributed by atoms with E-state index in [1.165, 1.54) is 4.90 Å². The summed E-state index contributed by atoms with van der Waals surface area (Å²) in [6.45, 7) is 3.78. The quantitative estimate of drug-likeness (QED) is 0.766. The van der Waals surface area contributed by atoms with E-state index in [9.17, 15) is 9.59 Å². The van der Waals surface area contributed by atoms with Gasteiger partial charge >= 0.3 is 12.0 Å². The van der Waals surface area contributed by atoms with Gasteiger partial charge in [0.05, 0.1) is 0 Å². The maximum Gasteiger partial charge on any atom is 0.326 e. The van der Waals surface area contributed by atoms with Gasteiger partial charge in [0.15, 0.2) is 0 Å². The van der Waals surface area contributed by atoms with Crippen LogP contribution in [0.5, 0.6) is 0 Å². The first-order valence-corrected chi connectivity index (χ1v) is 6.41. The zero-order valence-electron chi connectivity index (χ0n) is 10.6. The first-order valence-electron chi connectivity index (χ1n) is 6.41. The Bertz CT molecular complexity index is 339. The van der Waals surface area contributed by atoms with Crippen molar-refractivity contribution in [2.45, 2.75) is 44.2 Å². The first-order chi connectivity index (χ1) is 8.52. The molecule has 0 aliphatic carbocycles. The molecule has 6 heteroatoms. The van der Waals surface area contributed by atoms with Crippen LogP contribution < -0.4 is 5.32 Å². The summed E-state index contributed by atoms with van der Waals surface area (Å²) in [5, 5.41) is 12.0. The molecule has 1 atom stereocenters. The molecule has 0 saturated carbocycles. The standard InChI is InChI=1S/C12H20N2O4/c1-12(4-7-18-8-5-12)13-11(17)14-6-2-3-9(14)10(15)16/h9H,2-8H2,1H3,(H,13,17)(H,15,16)/t9-/m1/s1. The Kier molecular flexibility index (Phi) is 3.75. The second-order valence-corrected chi connectivity index (χ2v) is 5.29. The highest BCUT2D eigenvalue weighted by molar-refractivity contribution is 5.83. The van der Waals surface area contributed by atoms with Gasteiger partial charge in [0.1, 0.15) is 6.04 Å². The van der Waals surface area contributed by atoms with E-state index < -0.39 is 12.0 Å². The van der Waals surface area contributed by atoms with Crippen molar-refractivity contribution in [1.29, 1.82) is 0 Å². The zero-order chi connectivity index (χ0) is 13.2. The molecular weight excluding hydrogens is 236 g/mol. The number of hydrogen-bond donors (Lipinski definition) is 2. The molecule has 2 rings (SSSR count). The van der Waals surface area contributed by atoms with Crippen molar-refractivity contribution in [1.82, 2.24) is 10.2 Å². The summed E-state index contributed by atoms with van der Waals surface area (Å²) in [5.41, 5.74) is -0.277. The van der Waals surface area contributed by atoms with Gasteiger partial charge in [-0.1, -0.05) is 0 Å². The number of ether oxygens (including phenoxy) is 1. The van der Waals surface area contributed by atoms with E-state index in [0.717, 1.165) is 19.3 Å². The SMILES string of the molecule is CC1(NC(=O)N2CCC[C@@H]2C(=O)O)CCOCC1. The Balaban J connectivity index is 1.96.